The first-order chi connectivity index (χ1) is 7.83. The van der Waals surface area contributed by atoms with E-state index in [9.17, 15) is 0 Å². The summed E-state index contributed by atoms with van der Waals surface area (Å²) in [5, 5.41) is 0. The molecule has 88 valence electrons. The van der Waals surface area contributed by atoms with Gasteiger partial charge in [-0.1, -0.05) is 0 Å². The Hall–Kier alpha value is -0.280. The van der Waals surface area contributed by atoms with Gasteiger partial charge in [-0.15, -0.1) is 11.6 Å². The summed E-state index contributed by atoms with van der Waals surface area (Å²) in [6.07, 6.45) is 6.69. The van der Waals surface area contributed by atoms with Crippen molar-refractivity contribution < 1.29 is 0 Å². The number of hydrogen-bond acceptors (Lipinski definition) is 2. The highest BCUT2D eigenvalue weighted by Crippen LogP contribution is 2.30. The second-order valence-electron chi connectivity index (χ2n) is 4.13. The van der Waals surface area contributed by atoms with Gasteiger partial charge in [-0.2, -0.15) is 0 Å². The highest BCUT2D eigenvalue weighted by atomic mass is 79.9. The summed E-state index contributed by atoms with van der Waals surface area (Å²) < 4.78 is 1.08. The first kappa shape index (κ1) is 12.2. The molecule has 1 aromatic rings. The van der Waals surface area contributed by atoms with Gasteiger partial charge in [-0.25, -0.2) is 4.98 Å². The summed E-state index contributed by atoms with van der Waals surface area (Å²) >= 11 is 9.44. The smallest absolute Gasteiger partial charge is 0.143 e. The molecular weight excluding hydrogens is 288 g/mol. The summed E-state index contributed by atoms with van der Waals surface area (Å²) in [6.45, 7) is 1.09. The maximum atomic E-state index is 5.87. The van der Waals surface area contributed by atoms with Crippen LogP contribution in [0.2, 0.25) is 0 Å². The molecule has 0 amide bonds. The van der Waals surface area contributed by atoms with Gasteiger partial charge in [-0.05, 0) is 53.7 Å². The number of nitrogens with zero attached hydrogens (tertiary/aromatic N) is 2. The van der Waals surface area contributed by atoms with E-state index >= 15 is 0 Å². The van der Waals surface area contributed by atoms with Crippen LogP contribution in [0.5, 0.6) is 0 Å². The third kappa shape index (κ3) is 2.69. The van der Waals surface area contributed by atoms with E-state index < -0.39 is 0 Å². The van der Waals surface area contributed by atoms with Crippen molar-refractivity contribution in [3.8, 4) is 0 Å². The monoisotopic (exact) mass is 302 g/mol. The molecule has 16 heavy (non-hydrogen) atoms. The number of rotatable bonds is 3. The van der Waals surface area contributed by atoms with Crippen molar-refractivity contribution in [2.24, 2.45) is 0 Å². The largest absolute Gasteiger partial charge is 0.353 e. The van der Waals surface area contributed by atoms with E-state index in [0.717, 1.165) is 29.1 Å². The van der Waals surface area contributed by atoms with E-state index in [1.165, 1.54) is 19.3 Å². The van der Waals surface area contributed by atoms with Crippen LogP contribution >= 0.6 is 27.5 Å². The fourth-order valence-electron chi connectivity index (χ4n) is 2.29. The van der Waals surface area contributed by atoms with E-state index in [-0.39, 0.29) is 0 Å². The fraction of sp³-hybridized carbons (Fsp3) is 0.583. The van der Waals surface area contributed by atoms with Crippen molar-refractivity contribution in [2.45, 2.75) is 31.7 Å². The van der Waals surface area contributed by atoms with E-state index in [1.807, 2.05) is 12.3 Å². The lowest BCUT2D eigenvalue weighted by molar-refractivity contribution is 0.447. The summed E-state index contributed by atoms with van der Waals surface area (Å²) in [5.41, 5.74) is 0. The van der Waals surface area contributed by atoms with Crippen molar-refractivity contribution >= 4 is 33.3 Å². The van der Waals surface area contributed by atoms with E-state index in [0.29, 0.717) is 6.04 Å². The van der Waals surface area contributed by atoms with Gasteiger partial charge < -0.3 is 4.90 Å². The minimum absolute atomic E-state index is 0.553. The topological polar surface area (TPSA) is 16.1 Å². The Morgan fingerprint density at radius 1 is 1.50 bits per heavy atom. The van der Waals surface area contributed by atoms with Crippen LogP contribution in [0.15, 0.2) is 22.8 Å². The highest BCUT2D eigenvalue weighted by molar-refractivity contribution is 9.10. The molecule has 2 nitrogen and oxygen atoms in total. The Balaban J connectivity index is 2.19. The van der Waals surface area contributed by atoms with Crippen LogP contribution < -0.4 is 4.90 Å². The predicted octanol–water partition coefficient (Wildman–Crippen LogP) is 3.83. The zero-order valence-electron chi connectivity index (χ0n) is 9.20. The lowest BCUT2D eigenvalue weighted by Gasteiger charge is -2.37. The summed E-state index contributed by atoms with van der Waals surface area (Å²) in [6, 6.07) is 4.56. The molecule has 0 radical (unpaired) electrons. The number of piperidine rings is 1. The van der Waals surface area contributed by atoms with Crippen LogP contribution in [0.25, 0.3) is 0 Å². The zero-order chi connectivity index (χ0) is 11.4. The van der Waals surface area contributed by atoms with Gasteiger partial charge in [0.15, 0.2) is 0 Å². The SMILES string of the molecule is ClCCC1CCCCN1c1ncccc1Br. The van der Waals surface area contributed by atoms with Crippen LogP contribution in [0.4, 0.5) is 5.82 Å². The van der Waals surface area contributed by atoms with Crippen molar-refractivity contribution in [1.29, 1.82) is 0 Å². The molecule has 1 aliphatic rings. The minimum Gasteiger partial charge on any atom is -0.353 e. The molecule has 4 heteroatoms. The Kier molecular flexibility index (Phi) is 4.47. The second-order valence-corrected chi connectivity index (χ2v) is 5.36. The van der Waals surface area contributed by atoms with E-state index in [1.54, 1.807) is 0 Å². The number of halogens is 2. The lowest BCUT2D eigenvalue weighted by Crippen LogP contribution is -2.40. The number of anilines is 1. The molecule has 2 rings (SSSR count). The normalized spacial score (nSPS) is 21.1. The predicted molar refractivity (Wildman–Crippen MR) is 72.3 cm³/mol. The van der Waals surface area contributed by atoms with Crippen molar-refractivity contribution in [3.05, 3.63) is 22.8 Å². The number of aromatic nitrogens is 1. The average Bonchev–Trinajstić information content (AvgIpc) is 2.31. The van der Waals surface area contributed by atoms with Gasteiger partial charge in [0.05, 0.1) is 4.47 Å². The number of alkyl halides is 1. The molecule has 0 bridgehead atoms. The lowest BCUT2D eigenvalue weighted by atomic mass is 10.00. The van der Waals surface area contributed by atoms with Crippen LogP contribution in [0, 0.1) is 0 Å². The number of pyridine rings is 1. The maximum Gasteiger partial charge on any atom is 0.143 e. The standard InChI is InChI=1S/C12H16BrClN2/c13-11-5-3-8-15-12(11)16-9-2-1-4-10(16)6-7-14/h3,5,8,10H,1-2,4,6-7,9H2. The Morgan fingerprint density at radius 3 is 3.12 bits per heavy atom. The molecule has 0 aliphatic carbocycles. The molecule has 0 aromatic carbocycles. The fourth-order valence-corrected chi connectivity index (χ4v) is 3.03. The average molecular weight is 304 g/mol. The molecule has 0 saturated carbocycles. The second kappa shape index (κ2) is 5.87. The molecule has 2 heterocycles. The molecule has 0 spiro atoms. The molecule has 1 atom stereocenters. The summed E-state index contributed by atoms with van der Waals surface area (Å²) in [7, 11) is 0. The van der Waals surface area contributed by atoms with Gasteiger partial charge in [0.2, 0.25) is 0 Å². The Morgan fingerprint density at radius 2 is 2.38 bits per heavy atom. The van der Waals surface area contributed by atoms with Crippen LogP contribution in [-0.4, -0.2) is 23.5 Å². The molecule has 1 saturated heterocycles. The van der Waals surface area contributed by atoms with Crippen LogP contribution in [-0.2, 0) is 0 Å². The van der Waals surface area contributed by atoms with Gasteiger partial charge >= 0.3 is 0 Å². The summed E-state index contributed by atoms with van der Waals surface area (Å²) in [4.78, 5) is 6.87. The third-order valence-corrected chi connectivity index (χ3v) is 3.92. The van der Waals surface area contributed by atoms with Crippen molar-refractivity contribution in [2.75, 3.05) is 17.3 Å². The van der Waals surface area contributed by atoms with Gasteiger partial charge in [0.1, 0.15) is 5.82 Å². The van der Waals surface area contributed by atoms with Gasteiger partial charge in [0, 0.05) is 24.7 Å². The molecule has 1 fully saturated rings. The molecule has 1 unspecified atom stereocenters. The molecule has 1 aliphatic heterocycles. The van der Waals surface area contributed by atoms with Gasteiger partial charge in [0.25, 0.3) is 0 Å². The minimum atomic E-state index is 0.553. The molecule has 0 N–H and O–H groups in total. The van der Waals surface area contributed by atoms with Crippen molar-refractivity contribution in [3.63, 3.8) is 0 Å². The first-order valence-corrected chi connectivity index (χ1v) is 7.09. The van der Waals surface area contributed by atoms with Crippen LogP contribution in [0.1, 0.15) is 25.7 Å². The van der Waals surface area contributed by atoms with Gasteiger partial charge in [-0.3, -0.25) is 0 Å². The zero-order valence-corrected chi connectivity index (χ0v) is 11.5. The molecular formula is C12H16BrClN2. The molecule has 1 aromatic heterocycles. The third-order valence-electron chi connectivity index (χ3n) is 3.08. The quantitative estimate of drug-likeness (QED) is 0.789. The Labute approximate surface area is 110 Å². The summed E-state index contributed by atoms with van der Waals surface area (Å²) in [5.74, 6) is 1.79. The van der Waals surface area contributed by atoms with Crippen LogP contribution in [0.3, 0.4) is 0 Å². The first-order valence-electron chi connectivity index (χ1n) is 5.76. The number of hydrogen-bond donors (Lipinski definition) is 0. The van der Waals surface area contributed by atoms with E-state index in [4.69, 9.17) is 11.6 Å². The van der Waals surface area contributed by atoms with E-state index in [2.05, 4.69) is 31.9 Å². The van der Waals surface area contributed by atoms with Crippen molar-refractivity contribution in [1.82, 2.24) is 4.98 Å². The highest BCUT2D eigenvalue weighted by Gasteiger charge is 2.24. The Bertz CT molecular complexity index is 344. The maximum absolute atomic E-state index is 5.87.